The zero-order valence-corrected chi connectivity index (χ0v) is 7.30. The molecule has 0 aliphatic carbocycles. The van der Waals surface area contributed by atoms with E-state index in [-0.39, 0.29) is 34.2 Å². The molecule has 0 amide bonds. The van der Waals surface area contributed by atoms with Crippen LogP contribution in [0.15, 0.2) is 12.7 Å². The number of allylic oxidation sites excluding steroid dienone is 1. The van der Waals surface area contributed by atoms with Crippen molar-refractivity contribution in [3.8, 4) is 0 Å². The SMILES string of the molecule is C.C.C.C=CCCC(CC(C)=O)OC. The first-order valence-electron chi connectivity index (χ1n) is 3.83. The molecule has 14 heavy (non-hydrogen) atoms. The minimum Gasteiger partial charge on any atom is -0.381 e. The van der Waals surface area contributed by atoms with Crippen LogP contribution in [-0.2, 0) is 9.53 Å². The summed E-state index contributed by atoms with van der Waals surface area (Å²) in [7, 11) is 1.64. The molecular weight excluding hydrogens is 176 g/mol. The molecule has 0 bridgehead atoms. The first kappa shape index (κ1) is 23.3. The van der Waals surface area contributed by atoms with Gasteiger partial charge in [-0.05, 0) is 19.8 Å². The van der Waals surface area contributed by atoms with E-state index < -0.39 is 0 Å². The van der Waals surface area contributed by atoms with Crippen molar-refractivity contribution in [3.05, 3.63) is 12.7 Å². The van der Waals surface area contributed by atoms with Gasteiger partial charge in [0.25, 0.3) is 0 Å². The predicted octanol–water partition coefficient (Wildman–Crippen LogP) is 3.86. The summed E-state index contributed by atoms with van der Waals surface area (Å²) >= 11 is 0. The van der Waals surface area contributed by atoms with Crippen LogP contribution in [0, 0.1) is 0 Å². The number of ketones is 1. The van der Waals surface area contributed by atoms with Crippen molar-refractivity contribution in [2.45, 2.75) is 54.6 Å². The summed E-state index contributed by atoms with van der Waals surface area (Å²) in [6, 6.07) is 0. The molecule has 88 valence electrons. The van der Waals surface area contributed by atoms with Gasteiger partial charge in [-0.3, -0.25) is 4.79 Å². The van der Waals surface area contributed by atoms with E-state index in [1.165, 1.54) is 0 Å². The maximum absolute atomic E-state index is 10.7. The molecule has 0 N–H and O–H groups in total. The van der Waals surface area contributed by atoms with E-state index in [2.05, 4.69) is 6.58 Å². The van der Waals surface area contributed by atoms with Crippen molar-refractivity contribution >= 4 is 5.78 Å². The average molecular weight is 204 g/mol. The summed E-state index contributed by atoms with van der Waals surface area (Å²) in [6.07, 6.45) is 4.23. The summed E-state index contributed by atoms with van der Waals surface area (Å²) < 4.78 is 5.09. The third-order valence-electron chi connectivity index (χ3n) is 1.54. The Kier molecular flexibility index (Phi) is 24.8. The molecule has 0 rings (SSSR count). The second-order valence-corrected chi connectivity index (χ2v) is 2.63. The first-order chi connectivity index (χ1) is 5.20. The molecule has 0 aliphatic heterocycles. The van der Waals surface area contributed by atoms with Crippen molar-refractivity contribution < 1.29 is 9.53 Å². The third-order valence-corrected chi connectivity index (χ3v) is 1.54. The molecular formula is C12H28O2. The number of hydrogen-bond donors (Lipinski definition) is 0. The lowest BCUT2D eigenvalue weighted by atomic mass is 10.1. The van der Waals surface area contributed by atoms with Gasteiger partial charge >= 0.3 is 0 Å². The Hall–Kier alpha value is -0.630. The van der Waals surface area contributed by atoms with Crippen LogP contribution in [0.4, 0.5) is 0 Å². The summed E-state index contributed by atoms with van der Waals surface area (Å²) in [4.78, 5) is 10.7. The molecule has 2 heteroatoms. The number of carbonyl (C=O) groups excluding carboxylic acids is 1. The van der Waals surface area contributed by atoms with Crippen LogP contribution >= 0.6 is 0 Å². The quantitative estimate of drug-likeness (QED) is 0.614. The smallest absolute Gasteiger partial charge is 0.132 e. The minimum absolute atomic E-state index is 0. The van der Waals surface area contributed by atoms with Gasteiger partial charge in [0, 0.05) is 13.5 Å². The van der Waals surface area contributed by atoms with Gasteiger partial charge in [-0.1, -0.05) is 28.4 Å². The van der Waals surface area contributed by atoms with Gasteiger partial charge in [-0.25, -0.2) is 0 Å². The van der Waals surface area contributed by atoms with Gasteiger partial charge in [0.15, 0.2) is 0 Å². The third kappa shape index (κ3) is 13.9. The van der Waals surface area contributed by atoms with Gasteiger partial charge in [0.2, 0.25) is 0 Å². The fourth-order valence-corrected chi connectivity index (χ4v) is 0.928. The van der Waals surface area contributed by atoms with Crippen LogP contribution < -0.4 is 0 Å². The van der Waals surface area contributed by atoms with Crippen LogP contribution in [0.5, 0.6) is 0 Å². The van der Waals surface area contributed by atoms with E-state index in [1.54, 1.807) is 14.0 Å². The highest BCUT2D eigenvalue weighted by molar-refractivity contribution is 5.75. The van der Waals surface area contributed by atoms with E-state index in [0.29, 0.717) is 6.42 Å². The Morgan fingerprint density at radius 3 is 2.21 bits per heavy atom. The van der Waals surface area contributed by atoms with Crippen LogP contribution in [0.25, 0.3) is 0 Å². The molecule has 0 saturated carbocycles. The number of Topliss-reactive ketones (excluding diaryl/α,β-unsaturated/α-hetero) is 1. The van der Waals surface area contributed by atoms with E-state index >= 15 is 0 Å². The van der Waals surface area contributed by atoms with Gasteiger partial charge in [-0.2, -0.15) is 0 Å². The molecule has 0 saturated heterocycles. The van der Waals surface area contributed by atoms with Crippen LogP contribution in [0.3, 0.4) is 0 Å². The number of hydrogen-bond acceptors (Lipinski definition) is 2. The molecule has 1 unspecified atom stereocenters. The fraction of sp³-hybridized carbons (Fsp3) is 0.750. The Morgan fingerprint density at radius 1 is 1.43 bits per heavy atom. The summed E-state index contributed by atoms with van der Waals surface area (Å²) in [6.45, 7) is 5.19. The van der Waals surface area contributed by atoms with Crippen molar-refractivity contribution in [1.29, 1.82) is 0 Å². The zero-order valence-electron chi connectivity index (χ0n) is 7.30. The molecule has 0 aromatic carbocycles. The minimum atomic E-state index is 0. The zero-order chi connectivity index (χ0) is 8.69. The highest BCUT2D eigenvalue weighted by Gasteiger charge is 2.07. The number of carbonyl (C=O) groups is 1. The number of methoxy groups -OCH3 is 1. The van der Waals surface area contributed by atoms with E-state index in [1.807, 2.05) is 6.08 Å². The maximum atomic E-state index is 10.7. The first-order valence-corrected chi connectivity index (χ1v) is 3.83. The molecule has 0 fully saturated rings. The second-order valence-electron chi connectivity index (χ2n) is 2.63. The largest absolute Gasteiger partial charge is 0.381 e. The number of rotatable bonds is 6. The lowest BCUT2D eigenvalue weighted by Crippen LogP contribution is -2.13. The van der Waals surface area contributed by atoms with Gasteiger partial charge in [0.05, 0.1) is 6.10 Å². The summed E-state index contributed by atoms with van der Waals surface area (Å²) in [5.41, 5.74) is 0. The maximum Gasteiger partial charge on any atom is 0.132 e. The van der Waals surface area contributed by atoms with Crippen molar-refractivity contribution in [2.24, 2.45) is 0 Å². The van der Waals surface area contributed by atoms with Crippen molar-refractivity contribution in [2.75, 3.05) is 7.11 Å². The van der Waals surface area contributed by atoms with Gasteiger partial charge < -0.3 is 4.74 Å². The van der Waals surface area contributed by atoms with Crippen LogP contribution in [0.1, 0.15) is 48.5 Å². The molecule has 1 atom stereocenters. The topological polar surface area (TPSA) is 26.3 Å². The van der Waals surface area contributed by atoms with E-state index in [4.69, 9.17) is 4.74 Å². The Balaban J connectivity index is -0.000000167. The van der Waals surface area contributed by atoms with Crippen molar-refractivity contribution in [1.82, 2.24) is 0 Å². The van der Waals surface area contributed by atoms with E-state index in [0.717, 1.165) is 12.8 Å². The molecule has 0 aromatic heterocycles. The Labute approximate surface area is 90.4 Å². The standard InChI is InChI=1S/C9H16O2.3CH4/c1-4-5-6-9(11-3)7-8(2)10;;;/h4,9H,1,5-7H2,2-3H3;3*1H4. The van der Waals surface area contributed by atoms with Crippen LogP contribution in [-0.4, -0.2) is 19.0 Å². The fourth-order valence-electron chi connectivity index (χ4n) is 0.928. The van der Waals surface area contributed by atoms with E-state index in [9.17, 15) is 4.79 Å². The molecule has 2 nitrogen and oxygen atoms in total. The highest BCUT2D eigenvalue weighted by Crippen LogP contribution is 2.06. The second kappa shape index (κ2) is 14.9. The monoisotopic (exact) mass is 204 g/mol. The lowest BCUT2D eigenvalue weighted by molar-refractivity contribution is -0.119. The summed E-state index contributed by atoms with van der Waals surface area (Å²) in [5.74, 6) is 0.181. The molecule has 0 radical (unpaired) electrons. The summed E-state index contributed by atoms with van der Waals surface area (Å²) in [5, 5.41) is 0. The molecule has 0 spiro atoms. The van der Waals surface area contributed by atoms with Crippen molar-refractivity contribution in [3.63, 3.8) is 0 Å². The number of ether oxygens (including phenoxy) is 1. The molecule has 0 heterocycles. The molecule has 0 aliphatic rings. The van der Waals surface area contributed by atoms with Crippen LogP contribution in [0.2, 0.25) is 0 Å². The van der Waals surface area contributed by atoms with Gasteiger partial charge in [-0.15, -0.1) is 6.58 Å². The predicted molar refractivity (Wildman–Crippen MR) is 65.7 cm³/mol. The Bertz CT molecular complexity index is 130. The highest BCUT2D eigenvalue weighted by atomic mass is 16.5. The molecule has 0 aromatic rings. The Morgan fingerprint density at radius 2 is 1.93 bits per heavy atom. The lowest BCUT2D eigenvalue weighted by Gasteiger charge is -2.11. The normalized spacial score (nSPS) is 9.86. The average Bonchev–Trinajstić information content (AvgIpc) is 1.97. The van der Waals surface area contributed by atoms with Gasteiger partial charge in [0.1, 0.15) is 5.78 Å².